The number of hydrogen-bond donors (Lipinski definition) is 1. The van der Waals surface area contributed by atoms with Crippen molar-refractivity contribution in [1.82, 2.24) is 4.98 Å². The number of aryl methyl sites for hydroxylation is 2. The van der Waals surface area contributed by atoms with Crippen LogP contribution in [0.25, 0.3) is 10.9 Å². The van der Waals surface area contributed by atoms with Crippen molar-refractivity contribution in [3.8, 4) is 5.75 Å². The van der Waals surface area contributed by atoms with Crippen LogP contribution in [0.4, 0.5) is 5.69 Å². The van der Waals surface area contributed by atoms with Gasteiger partial charge in [-0.05, 0) is 38.1 Å². The lowest BCUT2D eigenvalue weighted by atomic mass is 10.1. The molecule has 168 valence electrons. The van der Waals surface area contributed by atoms with Gasteiger partial charge >= 0.3 is 11.9 Å². The minimum absolute atomic E-state index is 0.101. The van der Waals surface area contributed by atoms with Crippen LogP contribution in [0.5, 0.6) is 5.75 Å². The van der Waals surface area contributed by atoms with E-state index in [1.807, 2.05) is 6.92 Å². The molecule has 0 amide bonds. The van der Waals surface area contributed by atoms with Gasteiger partial charge in [0.1, 0.15) is 5.75 Å². The number of rotatable bonds is 8. The number of esters is 2. The number of aromatic nitrogens is 1. The second-order valence-corrected chi connectivity index (χ2v) is 8.65. The van der Waals surface area contributed by atoms with Crippen molar-refractivity contribution in [3.63, 3.8) is 0 Å². The van der Waals surface area contributed by atoms with Gasteiger partial charge in [0.15, 0.2) is 6.61 Å². The van der Waals surface area contributed by atoms with Crippen molar-refractivity contribution in [3.05, 3.63) is 59.8 Å². The first-order chi connectivity index (χ1) is 15.1. The van der Waals surface area contributed by atoms with Crippen LogP contribution in [0.15, 0.2) is 53.4 Å². The maximum atomic E-state index is 12.9. The number of benzene rings is 2. The standard InChI is InChI=1S/C22H22N2O7S/c1-14-4-8-19(9-5-14)32(27,28)24-20-11-18(10-17-7-6-15(2)23-22(17)20)29-12-21(26)31-13-30-16(3)25/h4-11,24H,12-13H2,1-3H3. The van der Waals surface area contributed by atoms with E-state index in [-0.39, 0.29) is 16.3 Å². The molecule has 0 aliphatic heterocycles. The predicted molar refractivity (Wildman–Crippen MR) is 117 cm³/mol. The Morgan fingerprint density at radius 3 is 2.41 bits per heavy atom. The number of nitrogens with zero attached hydrogens (tertiary/aromatic N) is 1. The number of hydrogen-bond acceptors (Lipinski definition) is 8. The van der Waals surface area contributed by atoms with Crippen molar-refractivity contribution in [2.45, 2.75) is 25.7 Å². The smallest absolute Gasteiger partial charge is 0.347 e. The van der Waals surface area contributed by atoms with E-state index in [2.05, 4.69) is 14.4 Å². The van der Waals surface area contributed by atoms with Gasteiger partial charge in [0.25, 0.3) is 10.0 Å². The lowest BCUT2D eigenvalue weighted by Crippen LogP contribution is -2.18. The summed E-state index contributed by atoms with van der Waals surface area (Å²) >= 11 is 0. The average Bonchev–Trinajstić information content (AvgIpc) is 2.72. The highest BCUT2D eigenvalue weighted by molar-refractivity contribution is 7.92. The molecule has 0 spiro atoms. The van der Waals surface area contributed by atoms with Gasteiger partial charge in [-0.1, -0.05) is 23.8 Å². The Hall–Kier alpha value is -3.66. The number of fused-ring (bicyclic) bond motifs is 1. The van der Waals surface area contributed by atoms with Crippen molar-refractivity contribution < 1.29 is 32.2 Å². The zero-order valence-electron chi connectivity index (χ0n) is 17.7. The Morgan fingerprint density at radius 2 is 1.72 bits per heavy atom. The molecule has 0 saturated carbocycles. The SMILES string of the molecule is CC(=O)OCOC(=O)COc1cc(NS(=O)(=O)c2ccc(C)cc2)c2nc(C)ccc2c1. The van der Waals surface area contributed by atoms with Gasteiger partial charge < -0.3 is 14.2 Å². The van der Waals surface area contributed by atoms with E-state index in [1.165, 1.54) is 25.1 Å². The zero-order chi connectivity index (χ0) is 23.3. The van der Waals surface area contributed by atoms with Crippen molar-refractivity contribution in [2.75, 3.05) is 18.1 Å². The first kappa shape index (κ1) is 23.0. The van der Waals surface area contributed by atoms with Gasteiger partial charge in [-0.25, -0.2) is 13.2 Å². The lowest BCUT2D eigenvalue weighted by Gasteiger charge is -2.14. The predicted octanol–water partition coefficient (Wildman–Crippen LogP) is 3.10. The Balaban J connectivity index is 1.86. The quantitative estimate of drug-likeness (QED) is 0.404. The highest BCUT2D eigenvalue weighted by atomic mass is 32.2. The van der Waals surface area contributed by atoms with E-state index in [4.69, 9.17) is 9.47 Å². The largest absolute Gasteiger partial charge is 0.482 e. The Bertz CT molecular complexity index is 1260. The summed E-state index contributed by atoms with van der Waals surface area (Å²) in [5.41, 5.74) is 2.28. The number of anilines is 1. The summed E-state index contributed by atoms with van der Waals surface area (Å²) in [5.74, 6) is -1.11. The first-order valence-electron chi connectivity index (χ1n) is 9.57. The molecule has 1 N–H and O–H groups in total. The van der Waals surface area contributed by atoms with Crippen LogP contribution in [0.1, 0.15) is 18.2 Å². The number of carbonyl (C=O) groups excluding carboxylic acids is 2. The van der Waals surface area contributed by atoms with Crippen molar-refractivity contribution in [1.29, 1.82) is 0 Å². The third kappa shape index (κ3) is 5.94. The molecule has 9 nitrogen and oxygen atoms in total. The summed E-state index contributed by atoms with van der Waals surface area (Å²) in [6, 6.07) is 13.1. The zero-order valence-corrected chi connectivity index (χ0v) is 18.6. The van der Waals surface area contributed by atoms with Crippen LogP contribution in [0.3, 0.4) is 0 Å². The summed E-state index contributed by atoms with van der Waals surface area (Å²) < 4.78 is 43.1. The highest BCUT2D eigenvalue weighted by Crippen LogP contribution is 2.30. The lowest BCUT2D eigenvalue weighted by molar-refractivity contribution is -0.167. The molecule has 1 heterocycles. The van der Waals surface area contributed by atoms with Gasteiger partial charge in [0.05, 0.1) is 16.1 Å². The van der Waals surface area contributed by atoms with Crippen molar-refractivity contribution >= 4 is 38.6 Å². The molecule has 32 heavy (non-hydrogen) atoms. The van der Waals surface area contributed by atoms with Crippen LogP contribution in [-0.4, -0.2) is 38.7 Å². The van der Waals surface area contributed by atoms with E-state index in [9.17, 15) is 18.0 Å². The highest BCUT2D eigenvalue weighted by Gasteiger charge is 2.18. The van der Waals surface area contributed by atoms with Crippen LogP contribution >= 0.6 is 0 Å². The number of ether oxygens (including phenoxy) is 3. The summed E-state index contributed by atoms with van der Waals surface area (Å²) in [6.07, 6.45) is 0. The van der Waals surface area contributed by atoms with E-state index >= 15 is 0 Å². The molecule has 0 bridgehead atoms. The minimum atomic E-state index is -3.89. The molecule has 0 aliphatic rings. The van der Waals surface area contributed by atoms with Crippen molar-refractivity contribution in [2.24, 2.45) is 0 Å². The third-order valence-corrected chi connectivity index (χ3v) is 5.70. The van der Waals surface area contributed by atoms with E-state index in [1.54, 1.807) is 37.3 Å². The first-order valence-corrected chi connectivity index (χ1v) is 11.0. The fourth-order valence-electron chi connectivity index (χ4n) is 2.75. The molecule has 0 fully saturated rings. The van der Waals surface area contributed by atoms with Gasteiger partial charge in [-0.2, -0.15) is 0 Å². The molecule has 0 saturated heterocycles. The van der Waals surface area contributed by atoms with E-state index in [0.29, 0.717) is 16.6 Å². The molecule has 0 radical (unpaired) electrons. The number of sulfonamides is 1. The summed E-state index contributed by atoms with van der Waals surface area (Å²) in [7, 11) is -3.89. The van der Waals surface area contributed by atoms with Crippen LogP contribution in [0.2, 0.25) is 0 Å². The molecule has 1 aromatic heterocycles. The molecule has 2 aromatic carbocycles. The van der Waals surface area contributed by atoms with Gasteiger partial charge in [0.2, 0.25) is 6.79 Å². The van der Waals surface area contributed by atoms with Gasteiger partial charge in [-0.3, -0.25) is 14.5 Å². The second-order valence-electron chi connectivity index (χ2n) is 6.97. The Kier molecular flexibility index (Phi) is 6.94. The molecular weight excluding hydrogens is 436 g/mol. The van der Waals surface area contributed by atoms with Gasteiger partial charge in [-0.15, -0.1) is 0 Å². The summed E-state index contributed by atoms with van der Waals surface area (Å²) in [5, 5.41) is 0.614. The normalized spacial score (nSPS) is 11.1. The molecule has 0 atom stereocenters. The molecule has 0 aliphatic carbocycles. The van der Waals surface area contributed by atoms with Gasteiger partial charge in [0, 0.05) is 24.1 Å². The molecule has 3 rings (SSSR count). The van der Waals surface area contributed by atoms with Crippen LogP contribution in [0, 0.1) is 13.8 Å². The maximum absolute atomic E-state index is 12.9. The monoisotopic (exact) mass is 458 g/mol. The van der Waals surface area contributed by atoms with E-state index < -0.39 is 35.4 Å². The number of nitrogens with one attached hydrogen (secondary N) is 1. The fraction of sp³-hybridized carbons (Fsp3) is 0.227. The minimum Gasteiger partial charge on any atom is -0.482 e. The summed E-state index contributed by atoms with van der Waals surface area (Å²) in [4.78, 5) is 27.0. The number of pyridine rings is 1. The Labute approximate surface area is 185 Å². The fourth-order valence-corrected chi connectivity index (χ4v) is 3.81. The third-order valence-electron chi connectivity index (χ3n) is 4.32. The molecular formula is C22H22N2O7S. The molecule has 10 heteroatoms. The molecule has 0 unspecified atom stereocenters. The maximum Gasteiger partial charge on any atom is 0.347 e. The van der Waals surface area contributed by atoms with E-state index in [0.717, 1.165) is 5.56 Å². The molecule has 3 aromatic rings. The summed E-state index contributed by atoms with van der Waals surface area (Å²) in [6.45, 7) is 3.87. The Morgan fingerprint density at radius 1 is 1.00 bits per heavy atom. The second kappa shape index (κ2) is 9.65. The van der Waals surface area contributed by atoms with Crippen LogP contribution < -0.4 is 9.46 Å². The topological polar surface area (TPSA) is 121 Å². The van der Waals surface area contributed by atoms with Crippen LogP contribution in [-0.2, 0) is 29.1 Å². The number of carbonyl (C=O) groups is 2. The average molecular weight is 458 g/mol.